The molecule has 32 heavy (non-hydrogen) atoms. The van der Waals surface area contributed by atoms with Crippen LogP contribution in [-0.2, 0) is 13.0 Å². The molecule has 6 nitrogen and oxygen atoms in total. The van der Waals surface area contributed by atoms with Crippen LogP contribution in [0, 0.1) is 6.92 Å². The van der Waals surface area contributed by atoms with Crippen LogP contribution in [-0.4, -0.2) is 20.6 Å². The Kier molecular flexibility index (Phi) is 5.49. The number of halogens is 2. The molecular weight excluding hydrogens is 447 g/mol. The van der Waals surface area contributed by atoms with Gasteiger partial charge in [-0.15, -0.1) is 0 Å². The molecule has 4 aromatic rings. The summed E-state index contributed by atoms with van der Waals surface area (Å²) in [5.41, 5.74) is 4.03. The van der Waals surface area contributed by atoms with Crippen LogP contribution in [0.1, 0.15) is 34.7 Å². The van der Waals surface area contributed by atoms with Gasteiger partial charge in [0.25, 0.3) is 5.91 Å². The number of hydrogen-bond acceptors (Lipinski definition) is 4. The van der Waals surface area contributed by atoms with E-state index in [9.17, 15) is 4.79 Å². The molecule has 1 aliphatic heterocycles. The van der Waals surface area contributed by atoms with Crippen LogP contribution < -0.4 is 5.32 Å². The molecule has 162 valence electrons. The maximum Gasteiger partial charge on any atom is 0.261 e. The van der Waals surface area contributed by atoms with Gasteiger partial charge in [-0.1, -0.05) is 34.4 Å². The molecule has 0 fully saturated rings. The summed E-state index contributed by atoms with van der Waals surface area (Å²) in [7, 11) is 0. The Hall–Kier alpha value is -3.09. The predicted octanol–water partition coefficient (Wildman–Crippen LogP) is 6.41. The van der Waals surface area contributed by atoms with Crippen molar-refractivity contribution in [2.24, 2.45) is 0 Å². The first-order valence-corrected chi connectivity index (χ1v) is 11.2. The quantitative estimate of drug-likeness (QED) is 0.377. The van der Waals surface area contributed by atoms with Crippen LogP contribution >= 0.6 is 23.2 Å². The van der Waals surface area contributed by atoms with Gasteiger partial charge in [0.05, 0.1) is 10.0 Å². The zero-order valence-corrected chi connectivity index (χ0v) is 18.9. The Morgan fingerprint density at radius 2 is 1.84 bits per heavy atom. The first kappa shape index (κ1) is 20.8. The third-order valence-electron chi connectivity index (χ3n) is 5.69. The van der Waals surface area contributed by atoms with Gasteiger partial charge in [-0.05, 0) is 62.6 Å². The highest BCUT2D eigenvalue weighted by Crippen LogP contribution is 2.37. The maximum absolute atomic E-state index is 13.1. The van der Waals surface area contributed by atoms with E-state index in [0.29, 0.717) is 38.3 Å². The summed E-state index contributed by atoms with van der Waals surface area (Å²) < 4.78 is 7.58. The average Bonchev–Trinajstić information content (AvgIpc) is 3.38. The second-order valence-corrected chi connectivity index (χ2v) is 8.59. The van der Waals surface area contributed by atoms with Crippen molar-refractivity contribution in [1.29, 1.82) is 0 Å². The fraction of sp³-hybridized carbons (Fsp3) is 0.208. The Labute approximate surface area is 195 Å². The molecule has 2 aromatic heterocycles. The zero-order chi connectivity index (χ0) is 22.2. The minimum Gasteiger partial charge on any atom is -0.360 e. The van der Waals surface area contributed by atoms with Crippen molar-refractivity contribution < 1.29 is 9.32 Å². The third kappa shape index (κ3) is 3.70. The van der Waals surface area contributed by atoms with E-state index >= 15 is 0 Å². The normalized spacial score (nSPS) is 13.1. The number of rotatable bonds is 4. The van der Waals surface area contributed by atoms with E-state index in [-0.39, 0.29) is 5.91 Å². The van der Waals surface area contributed by atoms with E-state index in [0.717, 1.165) is 24.4 Å². The lowest BCUT2D eigenvalue weighted by atomic mass is 10.1. The van der Waals surface area contributed by atoms with Gasteiger partial charge in [0, 0.05) is 35.2 Å². The highest BCUT2D eigenvalue weighted by molar-refractivity contribution is 6.39. The molecule has 2 aromatic carbocycles. The highest BCUT2D eigenvalue weighted by Gasteiger charge is 2.25. The lowest BCUT2D eigenvalue weighted by molar-refractivity contribution is 0.102. The van der Waals surface area contributed by atoms with Crippen LogP contribution in [0.4, 0.5) is 5.69 Å². The fourth-order valence-electron chi connectivity index (χ4n) is 4.10. The number of imidazole rings is 1. The second-order valence-electron chi connectivity index (χ2n) is 7.77. The number of carbonyl (C=O) groups excluding carboxylic acids is 1. The van der Waals surface area contributed by atoms with Gasteiger partial charge in [-0.2, -0.15) is 0 Å². The molecule has 0 saturated carbocycles. The van der Waals surface area contributed by atoms with Crippen LogP contribution in [0.25, 0.3) is 22.6 Å². The van der Waals surface area contributed by atoms with E-state index in [2.05, 4.69) is 20.0 Å². The Balaban J connectivity index is 1.41. The number of benzene rings is 2. The van der Waals surface area contributed by atoms with E-state index < -0.39 is 0 Å². The van der Waals surface area contributed by atoms with Gasteiger partial charge in [0.1, 0.15) is 22.8 Å². The van der Waals surface area contributed by atoms with Crippen molar-refractivity contribution >= 4 is 34.8 Å². The molecule has 0 aliphatic carbocycles. The van der Waals surface area contributed by atoms with Crippen LogP contribution in [0.3, 0.4) is 0 Å². The molecule has 0 atom stereocenters. The average molecular weight is 467 g/mol. The molecule has 1 aliphatic rings. The summed E-state index contributed by atoms with van der Waals surface area (Å²) in [6, 6.07) is 12.8. The minimum atomic E-state index is -0.347. The monoisotopic (exact) mass is 466 g/mol. The summed E-state index contributed by atoms with van der Waals surface area (Å²) in [6.45, 7) is 2.67. The number of aromatic nitrogens is 3. The molecule has 0 radical (unpaired) electrons. The van der Waals surface area contributed by atoms with Crippen molar-refractivity contribution in [2.45, 2.75) is 32.7 Å². The predicted molar refractivity (Wildman–Crippen MR) is 125 cm³/mol. The SMILES string of the molecule is Cc1onc(-c2c(Cl)cccc2Cl)c1C(=O)Nc1ccc(-c2ncc3n2CCCC3)cc1. The maximum atomic E-state index is 13.1. The molecule has 8 heteroatoms. The molecule has 5 rings (SSSR count). The van der Waals surface area contributed by atoms with Crippen molar-refractivity contribution in [3.63, 3.8) is 0 Å². The van der Waals surface area contributed by atoms with Crippen molar-refractivity contribution in [1.82, 2.24) is 14.7 Å². The fourth-order valence-corrected chi connectivity index (χ4v) is 4.67. The summed E-state index contributed by atoms with van der Waals surface area (Å²) in [4.78, 5) is 17.7. The van der Waals surface area contributed by atoms with Gasteiger partial charge in [0.2, 0.25) is 0 Å². The smallest absolute Gasteiger partial charge is 0.261 e. The Morgan fingerprint density at radius 1 is 1.09 bits per heavy atom. The Morgan fingerprint density at radius 3 is 2.59 bits per heavy atom. The van der Waals surface area contributed by atoms with E-state index in [1.807, 2.05) is 30.5 Å². The third-order valence-corrected chi connectivity index (χ3v) is 6.32. The number of amides is 1. The molecular formula is C24H20Cl2N4O2. The van der Waals surface area contributed by atoms with Gasteiger partial charge in [-0.25, -0.2) is 4.98 Å². The van der Waals surface area contributed by atoms with E-state index in [1.165, 1.54) is 18.5 Å². The van der Waals surface area contributed by atoms with Crippen LogP contribution in [0.15, 0.2) is 53.2 Å². The van der Waals surface area contributed by atoms with Crippen LogP contribution in [0.2, 0.25) is 10.0 Å². The van der Waals surface area contributed by atoms with Crippen molar-refractivity contribution in [2.75, 3.05) is 5.32 Å². The number of fused-ring (bicyclic) bond motifs is 1. The molecule has 0 spiro atoms. The summed E-state index contributed by atoms with van der Waals surface area (Å²) in [6.07, 6.45) is 5.40. The van der Waals surface area contributed by atoms with E-state index in [4.69, 9.17) is 27.7 Å². The van der Waals surface area contributed by atoms with Crippen molar-refractivity contribution in [3.8, 4) is 22.6 Å². The van der Waals surface area contributed by atoms with Crippen molar-refractivity contribution in [3.05, 3.63) is 75.7 Å². The lowest BCUT2D eigenvalue weighted by Crippen LogP contribution is -2.13. The Bertz CT molecular complexity index is 1290. The minimum absolute atomic E-state index is 0.298. The number of aryl methyl sites for hydroxylation is 2. The molecule has 1 amide bonds. The van der Waals surface area contributed by atoms with Gasteiger partial charge in [0.15, 0.2) is 0 Å². The van der Waals surface area contributed by atoms with Gasteiger partial charge in [-0.3, -0.25) is 4.79 Å². The topological polar surface area (TPSA) is 73.0 Å². The molecule has 3 heterocycles. The summed E-state index contributed by atoms with van der Waals surface area (Å²) in [5, 5.41) is 7.75. The number of anilines is 1. The molecule has 0 saturated heterocycles. The first-order chi connectivity index (χ1) is 15.5. The number of hydrogen-bond donors (Lipinski definition) is 1. The van der Waals surface area contributed by atoms with Gasteiger partial charge < -0.3 is 14.4 Å². The molecule has 0 bridgehead atoms. The first-order valence-electron chi connectivity index (χ1n) is 10.4. The standard InChI is InChI=1S/C24H20Cl2N4O2/c1-14-20(22(29-32-14)21-18(25)6-4-7-19(21)26)24(31)28-16-10-8-15(9-11-16)23-27-13-17-5-2-3-12-30(17)23/h4,6-11,13H,2-3,5,12H2,1H3,(H,28,31). The summed E-state index contributed by atoms with van der Waals surface area (Å²) >= 11 is 12.6. The molecule has 1 N–H and O–H groups in total. The molecule has 0 unspecified atom stereocenters. The van der Waals surface area contributed by atoms with Crippen LogP contribution in [0.5, 0.6) is 0 Å². The second kappa shape index (κ2) is 8.45. The largest absolute Gasteiger partial charge is 0.360 e. The number of nitrogens with one attached hydrogen (secondary N) is 1. The number of nitrogens with zero attached hydrogens (tertiary/aromatic N) is 3. The van der Waals surface area contributed by atoms with E-state index in [1.54, 1.807) is 25.1 Å². The highest BCUT2D eigenvalue weighted by atomic mass is 35.5. The zero-order valence-electron chi connectivity index (χ0n) is 17.4. The lowest BCUT2D eigenvalue weighted by Gasteiger charge is -2.16. The summed E-state index contributed by atoms with van der Waals surface area (Å²) in [5.74, 6) is 0.998. The number of carbonyl (C=O) groups is 1. The van der Waals surface area contributed by atoms with Gasteiger partial charge >= 0.3 is 0 Å².